The van der Waals surface area contributed by atoms with Crippen LogP contribution in [-0.2, 0) is 14.3 Å². The van der Waals surface area contributed by atoms with Crippen LogP contribution in [0.4, 0.5) is 5.69 Å². The molecular weight excluding hydrogens is 484 g/mol. The molecule has 37 heavy (non-hydrogen) atoms. The van der Waals surface area contributed by atoms with Gasteiger partial charge < -0.3 is 15.4 Å². The Labute approximate surface area is 224 Å². The number of halogens is 1. The topological polar surface area (TPSA) is 67.4 Å². The molecule has 6 heteroatoms. The number of hydrogen-bond donors (Lipinski definition) is 2. The lowest BCUT2D eigenvalue weighted by molar-refractivity contribution is -0.131. The third kappa shape index (κ3) is 6.34. The second-order valence-corrected chi connectivity index (χ2v) is 10.4. The zero-order valence-electron chi connectivity index (χ0n) is 21.7. The van der Waals surface area contributed by atoms with Crippen LogP contribution in [0.1, 0.15) is 63.7 Å². The lowest BCUT2D eigenvalue weighted by Crippen LogP contribution is -2.35. The molecule has 2 aliphatic rings. The molecule has 4 atom stereocenters. The molecule has 0 aliphatic heterocycles. The van der Waals surface area contributed by atoms with Crippen molar-refractivity contribution in [3.8, 4) is 0 Å². The molecule has 0 aromatic heterocycles. The average Bonchev–Trinajstić information content (AvgIpc) is 3.24. The molecule has 1 saturated carbocycles. The van der Waals surface area contributed by atoms with Gasteiger partial charge >= 0.3 is 0 Å². The number of rotatable bonds is 9. The molecule has 0 spiro atoms. The molecule has 1 amide bonds. The van der Waals surface area contributed by atoms with Gasteiger partial charge in [-0.3, -0.25) is 9.59 Å². The molecule has 0 heterocycles. The van der Waals surface area contributed by atoms with E-state index in [2.05, 4.69) is 36.3 Å². The smallest absolute Gasteiger partial charge is 0.228 e. The van der Waals surface area contributed by atoms with Gasteiger partial charge in [0.1, 0.15) is 11.9 Å². The van der Waals surface area contributed by atoms with Crippen LogP contribution in [-0.4, -0.2) is 11.7 Å². The minimum absolute atomic E-state index is 0.0651. The second kappa shape index (κ2) is 11.8. The summed E-state index contributed by atoms with van der Waals surface area (Å²) in [4.78, 5) is 24.9. The van der Waals surface area contributed by atoms with Gasteiger partial charge in [-0.05, 0) is 57.0 Å². The van der Waals surface area contributed by atoms with E-state index in [0.717, 1.165) is 53.8 Å². The van der Waals surface area contributed by atoms with Crippen molar-refractivity contribution in [1.82, 2.24) is 5.32 Å². The van der Waals surface area contributed by atoms with Crippen molar-refractivity contribution in [2.75, 3.05) is 5.32 Å². The Morgan fingerprint density at radius 1 is 1.03 bits per heavy atom. The minimum Gasteiger partial charge on any atom is -0.472 e. The number of carbonyl (C=O) groups excluding carboxylic acids is 2. The van der Waals surface area contributed by atoms with Crippen molar-refractivity contribution in [2.24, 2.45) is 17.8 Å². The van der Waals surface area contributed by atoms with Crippen molar-refractivity contribution in [1.29, 1.82) is 0 Å². The van der Waals surface area contributed by atoms with Crippen LogP contribution in [0, 0.1) is 17.8 Å². The fraction of sp³-hybridized carbons (Fsp3) is 0.355. The van der Waals surface area contributed by atoms with Gasteiger partial charge in [0.05, 0.1) is 0 Å². The van der Waals surface area contributed by atoms with Crippen LogP contribution < -0.4 is 10.6 Å². The third-order valence-corrected chi connectivity index (χ3v) is 7.67. The van der Waals surface area contributed by atoms with Gasteiger partial charge in [0.25, 0.3) is 0 Å². The molecular formula is C31H35ClN2O3. The highest BCUT2D eigenvalue weighted by molar-refractivity contribution is 6.31. The Hall–Kier alpha value is -3.31. The molecule has 0 bridgehead atoms. The van der Waals surface area contributed by atoms with Crippen LogP contribution in [0.5, 0.6) is 0 Å². The number of anilines is 1. The van der Waals surface area contributed by atoms with Crippen molar-refractivity contribution in [3.05, 3.63) is 95.0 Å². The molecule has 3 unspecified atom stereocenters. The SMILES string of the molecule is C=C(NC1=C(c2ccc(NC(=O)C3CCCCC3C(C)=O)cc2)C=CC1C)O[C@H](C)c1ccccc1Cl. The van der Waals surface area contributed by atoms with Crippen molar-refractivity contribution in [3.63, 3.8) is 0 Å². The fourth-order valence-electron chi connectivity index (χ4n) is 5.27. The lowest BCUT2D eigenvalue weighted by atomic mass is 9.76. The highest BCUT2D eigenvalue weighted by atomic mass is 35.5. The highest BCUT2D eigenvalue weighted by Crippen LogP contribution is 2.34. The van der Waals surface area contributed by atoms with E-state index in [1.807, 2.05) is 55.5 Å². The number of allylic oxidation sites excluding steroid dienone is 3. The van der Waals surface area contributed by atoms with Crippen molar-refractivity contribution in [2.45, 2.75) is 52.6 Å². The van der Waals surface area contributed by atoms with Gasteiger partial charge in [-0.15, -0.1) is 0 Å². The highest BCUT2D eigenvalue weighted by Gasteiger charge is 2.33. The Morgan fingerprint density at radius 2 is 1.70 bits per heavy atom. The third-order valence-electron chi connectivity index (χ3n) is 7.32. The van der Waals surface area contributed by atoms with E-state index >= 15 is 0 Å². The van der Waals surface area contributed by atoms with Gasteiger partial charge in [0.2, 0.25) is 5.91 Å². The zero-order valence-corrected chi connectivity index (χ0v) is 22.5. The summed E-state index contributed by atoms with van der Waals surface area (Å²) < 4.78 is 6.03. The summed E-state index contributed by atoms with van der Waals surface area (Å²) in [5.41, 5.74) is 4.70. The maximum Gasteiger partial charge on any atom is 0.228 e. The number of carbonyl (C=O) groups is 2. The maximum atomic E-state index is 12.9. The molecule has 2 aromatic carbocycles. The first-order valence-corrected chi connectivity index (χ1v) is 13.3. The molecule has 2 aliphatic carbocycles. The number of benzene rings is 2. The Morgan fingerprint density at radius 3 is 2.38 bits per heavy atom. The molecule has 2 aromatic rings. The molecule has 0 saturated heterocycles. The van der Waals surface area contributed by atoms with Gasteiger partial charge in [-0.2, -0.15) is 0 Å². The average molecular weight is 519 g/mol. The molecule has 5 nitrogen and oxygen atoms in total. The summed E-state index contributed by atoms with van der Waals surface area (Å²) in [6.45, 7) is 9.73. The first-order chi connectivity index (χ1) is 17.7. The van der Waals surface area contributed by atoms with E-state index in [0.29, 0.717) is 10.9 Å². The number of amides is 1. The number of nitrogens with one attached hydrogen (secondary N) is 2. The first kappa shape index (κ1) is 26.7. The molecule has 1 fully saturated rings. The molecule has 4 rings (SSSR count). The lowest BCUT2D eigenvalue weighted by Gasteiger charge is -2.28. The van der Waals surface area contributed by atoms with E-state index in [1.54, 1.807) is 6.92 Å². The summed E-state index contributed by atoms with van der Waals surface area (Å²) in [6, 6.07) is 15.4. The Kier molecular flexibility index (Phi) is 8.55. The second-order valence-electron chi connectivity index (χ2n) is 9.98. The van der Waals surface area contributed by atoms with E-state index in [1.165, 1.54) is 0 Å². The Balaban J connectivity index is 1.43. The Bertz CT molecular complexity index is 1230. The number of Topliss-reactive ketones (excluding diaryl/α,β-unsaturated/α-hetero) is 1. The van der Waals surface area contributed by atoms with Crippen LogP contribution in [0.2, 0.25) is 5.02 Å². The van der Waals surface area contributed by atoms with Gasteiger partial charge in [0, 0.05) is 45.3 Å². The van der Waals surface area contributed by atoms with Gasteiger partial charge in [-0.1, -0.05) is 73.9 Å². The number of hydrogen-bond acceptors (Lipinski definition) is 4. The fourth-order valence-corrected chi connectivity index (χ4v) is 5.55. The normalized spacial score (nSPS) is 21.9. The van der Waals surface area contributed by atoms with Crippen molar-refractivity contribution >= 4 is 34.6 Å². The monoisotopic (exact) mass is 518 g/mol. The van der Waals surface area contributed by atoms with E-state index in [4.69, 9.17) is 16.3 Å². The van der Waals surface area contributed by atoms with Gasteiger partial charge in [-0.25, -0.2) is 0 Å². The van der Waals surface area contributed by atoms with Crippen molar-refractivity contribution < 1.29 is 14.3 Å². The first-order valence-electron chi connectivity index (χ1n) is 13.0. The van der Waals surface area contributed by atoms with E-state index in [-0.39, 0.29) is 35.5 Å². The molecule has 2 N–H and O–H groups in total. The standard InChI is InChI=1S/C31H35ClN2O3/c1-19-13-18-27(30(19)33-22(4)37-21(3)26-10-7-8-12-29(26)32)23-14-16-24(17-15-23)34-31(36)28-11-6-5-9-25(28)20(2)35/h7-8,10,12-19,21,25,28,33H,4-6,9,11H2,1-3H3,(H,34,36)/t19?,21-,25?,28?/m1/s1. The van der Waals surface area contributed by atoms with Gasteiger partial charge in [0.15, 0.2) is 5.88 Å². The molecule has 0 radical (unpaired) electrons. The maximum absolute atomic E-state index is 12.9. The predicted molar refractivity (Wildman–Crippen MR) is 150 cm³/mol. The zero-order chi connectivity index (χ0) is 26.5. The summed E-state index contributed by atoms with van der Waals surface area (Å²) in [5.74, 6) is 0.239. The largest absolute Gasteiger partial charge is 0.472 e. The van der Waals surface area contributed by atoms with E-state index in [9.17, 15) is 9.59 Å². The quantitative estimate of drug-likeness (QED) is 0.339. The van der Waals surface area contributed by atoms with Crippen LogP contribution in [0.25, 0.3) is 5.57 Å². The minimum atomic E-state index is -0.253. The summed E-state index contributed by atoms with van der Waals surface area (Å²) in [6.07, 6.45) is 7.52. The summed E-state index contributed by atoms with van der Waals surface area (Å²) in [7, 11) is 0. The van der Waals surface area contributed by atoms with Crippen LogP contribution in [0.3, 0.4) is 0 Å². The number of ether oxygens (including phenoxy) is 1. The molecule has 194 valence electrons. The number of ketones is 1. The summed E-state index contributed by atoms with van der Waals surface area (Å²) in [5, 5.41) is 7.04. The van der Waals surface area contributed by atoms with Crippen LogP contribution in [0.15, 0.2) is 78.8 Å². The van der Waals surface area contributed by atoms with Crippen LogP contribution >= 0.6 is 11.6 Å². The van der Waals surface area contributed by atoms with E-state index < -0.39 is 0 Å². The summed E-state index contributed by atoms with van der Waals surface area (Å²) >= 11 is 6.32. The predicted octanol–water partition coefficient (Wildman–Crippen LogP) is 7.43.